The Bertz CT molecular complexity index is 490. The highest BCUT2D eigenvalue weighted by Gasteiger charge is 2.10. The SMILES string of the molecule is Cc1cc(C)c(NC(=S)NCCCN2CCCCC2)c(Cl)c1. The number of halogens is 1. The number of likely N-dealkylation sites (tertiary alicyclic amines) is 1. The first-order valence-electron chi connectivity index (χ1n) is 8.10. The molecule has 0 unspecified atom stereocenters. The number of hydrogen-bond donors (Lipinski definition) is 2. The average Bonchev–Trinajstić information content (AvgIpc) is 2.48. The van der Waals surface area contributed by atoms with Gasteiger partial charge >= 0.3 is 0 Å². The monoisotopic (exact) mass is 339 g/mol. The van der Waals surface area contributed by atoms with E-state index in [9.17, 15) is 0 Å². The van der Waals surface area contributed by atoms with E-state index in [1.807, 2.05) is 19.9 Å². The van der Waals surface area contributed by atoms with Crippen molar-refractivity contribution in [2.45, 2.75) is 39.5 Å². The van der Waals surface area contributed by atoms with Gasteiger partial charge in [0.2, 0.25) is 0 Å². The van der Waals surface area contributed by atoms with Crippen molar-refractivity contribution in [1.82, 2.24) is 10.2 Å². The van der Waals surface area contributed by atoms with E-state index < -0.39 is 0 Å². The summed E-state index contributed by atoms with van der Waals surface area (Å²) >= 11 is 11.6. The van der Waals surface area contributed by atoms with Crippen LogP contribution >= 0.6 is 23.8 Å². The highest BCUT2D eigenvalue weighted by atomic mass is 35.5. The Morgan fingerprint density at radius 1 is 1.23 bits per heavy atom. The van der Waals surface area contributed by atoms with Gasteiger partial charge in [-0.1, -0.05) is 24.1 Å². The summed E-state index contributed by atoms with van der Waals surface area (Å²) in [4.78, 5) is 2.54. The fraction of sp³-hybridized carbons (Fsp3) is 0.588. The molecule has 0 spiro atoms. The van der Waals surface area contributed by atoms with Crippen LogP contribution in [-0.2, 0) is 0 Å². The lowest BCUT2D eigenvalue weighted by molar-refractivity contribution is 0.227. The third-order valence-electron chi connectivity index (χ3n) is 4.06. The van der Waals surface area contributed by atoms with Crippen molar-refractivity contribution in [3.8, 4) is 0 Å². The van der Waals surface area contributed by atoms with Crippen molar-refractivity contribution < 1.29 is 0 Å². The number of benzene rings is 1. The van der Waals surface area contributed by atoms with Crippen LogP contribution < -0.4 is 10.6 Å². The topological polar surface area (TPSA) is 27.3 Å². The smallest absolute Gasteiger partial charge is 0.170 e. The molecule has 0 radical (unpaired) electrons. The second-order valence-corrected chi connectivity index (χ2v) is 6.89. The fourth-order valence-electron chi connectivity index (χ4n) is 2.92. The molecule has 2 rings (SSSR count). The van der Waals surface area contributed by atoms with Gasteiger partial charge in [-0.15, -0.1) is 0 Å². The molecule has 0 atom stereocenters. The van der Waals surface area contributed by atoms with Crippen LogP contribution in [0.15, 0.2) is 12.1 Å². The van der Waals surface area contributed by atoms with Crippen LogP contribution in [0.5, 0.6) is 0 Å². The van der Waals surface area contributed by atoms with E-state index in [2.05, 4.69) is 21.6 Å². The zero-order chi connectivity index (χ0) is 15.9. The van der Waals surface area contributed by atoms with E-state index >= 15 is 0 Å². The second kappa shape index (κ2) is 8.70. The molecule has 122 valence electrons. The molecule has 1 aliphatic heterocycles. The van der Waals surface area contributed by atoms with E-state index in [0.717, 1.165) is 41.3 Å². The standard InChI is InChI=1S/C17H26ClN3S/c1-13-11-14(2)16(15(18)12-13)20-17(22)19-7-6-10-21-8-4-3-5-9-21/h11-12H,3-10H2,1-2H3,(H2,19,20,22). The number of thiocarbonyl (C=S) groups is 1. The first-order chi connectivity index (χ1) is 10.6. The maximum atomic E-state index is 6.29. The van der Waals surface area contributed by atoms with Crippen LogP contribution in [0, 0.1) is 13.8 Å². The molecule has 0 saturated carbocycles. The molecule has 1 aliphatic rings. The Kier molecular flexibility index (Phi) is 6.93. The summed E-state index contributed by atoms with van der Waals surface area (Å²) in [7, 11) is 0. The van der Waals surface area contributed by atoms with Gasteiger partial charge in [0.15, 0.2) is 5.11 Å². The predicted octanol–water partition coefficient (Wildman–Crippen LogP) is 4.12. The number of nitrogens with zero attached hydrogens (tertiary/aromatic N) is 1. The molecule has 1 saturated heterocycles. The fourth-order valence-corrected chi connectivity index (χ4v) is 3.49. The number of nitrogens with one attached hydrogen (secondary N) is 2. The van der Waals surface area contributed by atoms with E-state index in [-0.39, 0.29) is 0 Å². The quantitative estimate of drug-likeness (QED) is 0.623. The highest BCUT2D eigenvalue weighted by molar-refractivity contribution is 7.80. The largest absolute Gasteiger partial charge is 0.362 e. The number of rotatable bonds is 5. The van der Waals surface area contributed by atoms with Crippen molar-refractivity contribution in [3.63, 3.8) is 0 Å². The van der Waals surface area contributed by atoms with Crippen molar-refractivity contribution in [2.24, 2.45) is 0 Å². The predicted molar refractivity (Wildman–Crippen MR) is 100 cm³/mol. The van der Waals surface area contributed by atoms with E-state index in [4.69, 9.17) is 23.8 Å². The van der Waals surface area contributed by atoms with Gasteiger partial charge < -0.3 is 15.5 Å². The van der Waals surface area contributed by atoms with Gasteiger partial charge in [-0.05, 0) is 82.2 Å². The van der Waals surface area contributed by atoms with E-state index in [1.54, 1.807) is 0 Å². The van der Waals surface area contributed by atoms with Crippen molar-refractivity contribution in [1.29, 1.82) is 0 Å². The minimum atomic E-state index is 0.646. The molecular weight excluding hydrogens is 314 g/mol. The number of piperidine rings is 1. The van der Waals surface area contributed by atoms with E-state index in [0.29, 0.717) is 5.11 Å². The Balaban J connectivity index is 1.71. The Hall–Kier alpha value is -0.840. The lowest BCUT2D eigenvalue weighted by Crippen LogP contribution is -2.34. The molecule has 1 aromatic carbocycles. The van der Waals surface area contributed by atoms with Crippen molar-refractivity contribution in [3.05, 3.63) is 28.3 Å². The van der Waals surface area contributed by atoms with Gasteiger partial charge in [-0.25, -0.2) is 0 Å². The molecule has 22 heavy (non-hydrogen) atoms. The highest BCUT2D eigenvalue weighted by Crippen LogP contribution is 2.27. The van der Waals surface area contributed by atoms with Gasteiger partial charge in [-0.2, -0.15) is 0 Å². The zero-order valence-electron chi connectivity index (χ0n) is 13.5. The van der Waals surface area contributed by atoms with Crippen molar-refractivity contribution >= 4 is 34.6 Å². The van der Waals surface area contributed by atoms with Gasteiger partial charge in [0.05, 0.1) is 10.7 Å². The first kappa shape index (κ1) is 17.5. The van der Waals surface area contributed by atoms with Gasteiger partial charge in [0.1, 0.15) is 0 Å². The average molecular weight is 340 g/mol. The third kappa shape index (κ3) is 5.41. The molecule has 0 aromatic heterocycles. The van der Waals surface area contributed by atoms with Gasteiger partial charge in [-0.3, -0.25) is 0 Å². The second-order valence-electron chi connectivity index (χ2n) is 6.08. The van der Waals surface area contributed by atoms with Crippen LogP contribution in [0.4, 0.5) is 5.69 Å². The third-order valence-corrected chi connectivity index (χ3v) is 4.60. The minimum absolute atomic E-state index is 0.646. The summed E-state index contributed by atoms with van der Waals surface area (Å²) in [6, 6.07) is 4.06. The van der Waals surface area contributed by atoms with Crippen LogP contribution in [0.25, 0.3) is 0 Å². The minimum Gasteiger partial charge on any atom is -0.362 e. The Morgan fingerprint density at radius 3 is 2.64 bits per heavy atom. The molecule has 0 aliphatic carbocycles. The summed E-state index contributed by atoms with van der Waals surface area (Å²) < 4.78 is 0. The molecular formula is C17H26ClN3S. The lowest BCUT2D eigenvalue weighted by atomic mass is 10.1. The normalized spacial score (nSPS) is 15.6. The van der Waals surface area contributed by atoms with Crippen LogP contribution in [0.2, 0.25) is 5.02 Å². The summed E-state index contributed by atoms with van der Waals surface area (Å²) in [5.41, 5.74) is 3.18. The summed E-state index contributed by atoms with van der Waals surface area (Å²) in [6.07, 6.45) is 5.19. The Labute approximate surface area is 144 Å². The van der Waals surface area contributed by atoms with Crippen molar-refractivity contribution in [2.75, 3.05) is 31.5 Å². The zero-order valence-corrected chi connectivity index (χ0v) is 15.1. The Morgan fingerprint density at radius 2 is 1.95 bits per heavy atom. The lowest BCUT2D eigenvalue weighted by Gasteiger charge is -2.26. The van der Waals surface area contributed by atoms with Gasteiger partial charge in [0.25, 0.3) is 0 Å². The first-order valence-corrected chi connectivity index (χ1v) is 8.89. The number of aryl methyl sites for hydroxylation is 2. The molecule has 0 bridgehead atoms. The van der Waals surface area contributed by atoms with Crippen LogP contribution in [0.3, 0.4) is 0 Å². The van der Waals surface area contributed by atoms with Crippen LogP contribution in [0.1, 0.15) is 36.8 Å². The maximum absolute atomic E-state index is 6.29. The summed E-state index contributed by atoms with van der Waals surface area (Å²) in [6.45, 7) is 8.63. The molecule has 0 amide bonds. The molecule has 3 nitrogen and oxygen atoms in total. The molecule has 1 aromatic rings. The molecule has 5 heteroatoms. The summed E-state index contributed by atoms with van der Waals surface area (Å²) in [5.74, 6) is 0. The molecule has 2 N–H and O–H groups in total. The molecule has 1 heterocycles. The maximum Gasteiger partial charge on any atom is 0.170 e. The van der Waals surface area contributed by atoms with Gasteiger partial charge in [0, 0.05) is 6.54 Å². The summed E-state index contributed by atoms with van der Waals surface area (Å²) in [5, 5.41) is 7.86. The number of hydrogen-bond acceptors (Lipinski definition) is 2. The van der Waals surface area contributed by atoms with Crippen LogP contribution in [-0.4, -0.2) is 36.2 Å². The molecule has 1 fully saturated rings. The number of anilines is 1. The van der Waals surface area contributed by atoms with E-state index in [1.165, 1.54) is 32.4 Å².